The highest BCUT2D eigenvalue weighted by atomic mass is 16.4. The molecular formula is C15H25NO3. The smallest absolute Gasteiger partial charge is 0.303 e. The molecule has 3 atom stereocenters. The predicted octanol–water partition coefficient (Wildman–Crippen LogP) is 2.57. The van der Waals surface area contributed by atoms with E-state index in [0.717, 1.165) is 30.7 Å². The third kappa shape index (κ3) is 4.51. The van der Waals surface area contributed by atoms with Gasteiger partial charge in [-0.1, -0.05) is 6.42 Å². The van der Waals surface area contributed by atoms with Crippen molar-refractivity contribution in [2.75, 3.05) is 6.54 Å². The molecular weight excluding hydrogens is 242 g/mol. The van der Waals surface area contributed by atoms with E-state index in [9.17, 15) is 9.59 Å². The van der Waals surface area contributed by atoms with Crippen molar-refractivity contribution in [3.63, 3.8) is 0 Å². The molecule has 4 nitrogen and oxygen atoms in total. The summed E-state index contributed by atoms with van der Waals surface area (Å²) in [6.07, 6.45) is 8.65. The third-order valence-corrected chi connectivity index (χ3v) is 4.77. The SMILES string of the molecule is O=C(O)CCCCC(=O)NCCC1CC2CCC1C2. The van der Waals surface area contributed by atoms with E-state index in [4.69, 9.17) is 5.11 Å². The van der Waals surface area contributed by atoms with Gasteiger partial charge in [0.05, 0.1) is 0 Å². The first-order chi connectivity index (χ1) is 9.15. The van der Waals surface area contributed by atoms with Crippen LogP contribution in [0.4, 0.5) is 0 Å². The lowest BCUT2D eigenvalue weighted by atomic mass is 9.86. The fourth-order valence-electron chi connectivity index (χ4n) is 3.78. The van der Waals surface area contributed by atoms with Gasteiger partial charge in [-0.05, 0) is 56.3 Å². The van der Waals surface area contributed by atoms with Gasteiger partial charge in [0.2, 0.25) is 5.91 Å². The van der Waals surface area contributed by atoms with Crippen molar-refractivity contribution in [2.45, 2.75) is 57.8 Å². The summed E-state index contributed by atoms with van der Waals surface area (Å²) in [5.41, 5.74) is 0. The summed E-state index contributed by atoms with van der Waals surface area (Å²) < 4.78 is 0. The normalized spacial score (nSPS) is 28.5. The van der Waals surface area contributed by atoms with Crippen LogP contribution in [0.15, 0.2) is 0 Å². The van der Waals surface area contributed by atoms with Gasteiger partial charge in [0.15, 0.2) is 0 Å². The second-order valence-corrected chi connectivity index (χ2v) is 6.17. The van der Waals surface area contributed by atoms with E-state index in [1.54, 1.807) is 0 Å². The number of fused-ring (bicyclic) bond motifs is 2. The highest BCUT2D eigenvalue weighted by Crippen LogP contribution is 2.49. The molecule has 0 saturated heterocycles. The molecule has 0 aromatic carbocycles. The Morgan fingerprint density at radius 3 is 2.53 bits per heavy atom. The maximum Gasteiger partial charge on any atom is 0.303 e. The molecule has 2 N–H and O–H groups in total. The van der Waals surface area contributed by atoms with Crippen LogP contribution in [0.3, 0.4) is 0 Å². The van der Waals surface area contributed by atoms with Gasteiger partial charge in [-0.2, -0.15) is 0 Å². The van der Waals surface area contributed by atoms with E-state index in [0.29, 0.717) is 19.3 Å². The number of carboxylic acids is 1. The minimum absolute atomic E-state index is 0.0774. The molecule has 108 valence electrons. The Labute approximate surface area is 115 Å². The Morgan fingerprint density at radius 1 is 1.11 bits per heavy atom. The Kier molecular flexibility index (Phi) is 5.23. The van der Waals surface area contributed by atoms with Crippen molar-refractivity contribution in [2.24, 2.45) is 17.8 Å². The van der Waals surface area contributed by atoms with E-state index in [-0.39, 0.29) is 12.3 Å². The monoisotopic (exact) mass is 267 g/mol. The molecule has 0 aromatic heterocycles. The summed E-state index contributed by atoms with van der Waals surface area (Å²) >= 11 is 0. The van der Waals surface area contributed by atoms with Crippen LogP contribution in [0.1, 0.15) is 57.8 Å². The van der Waals surface area contributed by atoms with Gasteiger partial charge in [0.25, 0.3) is 0 Å². The van der Waals surface area contributed by atoms with Gasteiger partial charge in [0, 0.05) is 19.4 Å². The van der Waals surface area contributed by atoms with Crippen molar-refractivity contribution in [3.8, 4) is 0 Å². The number of nitrogens with one attached hydrogen (secondary N) is 1. The lowest BCUT2D eigenvalue weighted by Crippen LogP contribution is -2.26. The molecule has 2 saturated carbocycles. The lowest BCUT2D eigenvalue weighted by Gasteiger charge is -2.21. The summed E-state index contributed by atoms with van der Waals surface area (Å²) in [7, 11) is 0. The summed E-state index contributed by atoms with van der Waals surface area (Å²) in [6.45, 7) is 0.797. The van der Waals surface area contributed by atoms with E-state index < -0.39 is 5.97 Å². The van der Waals surface area contributed by atoms with Crippen LogP contribution in [0.5, 0.6) is 0 Å². The molecule has 2 rings (SSSR count). The number of amides is 1. The van der Waals surface area contributed by atoms with Gasteiger partial charge in [0.1, 0.15) is 0 Å². The zero-order valence-electron chi connectivity index (χ0n) is 11.6. The quantitative estimate of drug-likeness (QED) is 0.664. The Bertz CT molecular complexity index is 329. The Morgan fingerprint density at radius 2 is 1.89 bits per heavy atom. The van der Waals surface area contributed by atoms with Crippen molar-refractivity contribution in [1.29, 1.82) is 0 Å². The Hall–Kier alpha value is -1.06. The predicted molar refractivity (Wildman–Crippen MR) is 72.7 cm³/mol. The van der Waals surface area contributed by atoms with Gasteiger partial charge < -0.3 is 10.4 Å². The van der Waals surface area contributed by atoms with Gasteiger partial charge in [-0.3, -0.25) is 9.59 Å². The number of unbranched alkanes of at least 4 members (excludes halogenated alkanes) is 1. The molecule has 0 spiro atoms. The van der Waals surface area contributed by atoms with Crippen molar-refractivity contribution in [3.05, 3.63) is 0 Å². The molecule has 2 aliphatic carbocycles. The van der Waals surface area contributed by atoms with Crippen LogP contribution < -0.4 is 5.32 Å². The molecule has 2 bridgehead atoms. The summed E-state index contributed by atoms with van der Waals surface area (Å²) in [6, 6.07) is 0. The molecule has 0 aliphatic heterocycles. The van der Waals surface area contributed by atoms with Crippen LogP contribution in [0.2, 0.25) is 0 Å². The van der Waals surface area contributed by atoms with Gasteiger partial charge in [-0.25, -0.2) is 0 Å². The van der Waals surface area contributed by atoms with Crippen LogP contribution in [-0.4, -0.2) is 23.5 Å². The average Bonchev–Trinajstić information content (AvgIpc) is 2.96. The second-order valence-electron chi connectivity index (χ2n) is 6.17. The topological polar surface area (TPSA) is 66.4 Å². The third-order valence-electron chi connectivity index (χ3n) is 4.77. The summed E-state index contributed by atoms with van der Waals surface area (Å²) in [5.74, 6) is 2.04. The van der Waals surface area contributed by atoms with Crippen LogP contribution in [-0.2, 0) is 9.59 Å². The second kappa shape index (κ2) is 6.92. The lowest BCUT2D eigenvalue weighted by molar-refractivity contribution is -0.137. The van der Waals surface area contributed by atoms with Crippen molar-refractivity contribution in [1.82, 2.24) is 5.32 Å². The summed E-state index contributed by atoms with van der Waals surface area (Å²) in [4.78, 5) is 21.9. The van der Waals surface area contributed by atoms with E-state index in [1.807, 2.05) is 0 Å². The number of carbonyl (C=O) groups is 2. The van der Waals surface area contributed by atoms with Gasteiger partial charge in [-0.15, -0.1) is 0 Å². The molecule has 0 heterocycles. The molecule has 2 aliphatic rings. The van der Waals surface area contributed by atoms with Crippen LogP contribution >= 0.6 is 0 Å². The molecule has 3 unspecified atom stereocenters. The maximum absolute atomic E-state index is 11.6. The molecule has 2 fully saturated rings. The number of hydrogen-bond acceptors (Lipinski definition) is 2. The number of carboxylic acid groups (broad SMARTS) is 1. The number of hydrogen-bond donors (Lipinski definition) is 2. The van der Waals surface area contributed by atoms with E-state index in [1.165, 1.54) is 25.7 Å². The molecule has 0 aromatic rings. The van der Waals surface area contributed by atoms with E-state index in [2.05, 4.69) is 5.32 Å². The number of rotatable bonds is 8. The zero-order valence-corrected chi connectivity index (χ0v) is 11.6. The highest BCUT2D eigenvalue weighted by Gasteiger charge is 2.38. The molecule has 4 heteroatoms. The minimum atomic E-state index is -0.781. The number of carbonyl (C=O) groups excluding carboxylic acids is 1. The summed E-state index contributed by atoms with van der Waals surface area (Å²) in [5, 5.41) is 11.5. The number of aliphatic carboxylic acids is 1. The molecule has 1 amide bonds. The first kappa shape index (κ1) is 14.4. The fraction of sp³-hybridized carbons (Fsp3) is 0.867. The first-order valence-corrected chi connectivity index (χ1v) is 7.63. The van der Waals surface area contributed by atoms with Crippen LogP contribution in [0.25, 0.3) is 0 Å². The largest absolute Gasteiger partial charge is 0.481 e. The van der Waals surface area contributed by atoms with E-state index >= 15 is 0 Å². The highest BCUT2D eigenvalue weighted by molar-refractivity contribution is 5.75. The molecule has 19 heavy (non-hydrogen) atoms. The van der Waals surface area contributed by atoms with Gasteiger partial charge >= 0.3 is 5.97 Å². The first-order valence-electron chi connectivity index (χ1n) is 7.63. The maximum atomic E-state index is 11.6. The Balaban J connectivity index is 1.49. The van der Waals surface area contributed by atoms with Crippen molar-refractivity contribution < 1.29 is 14.7 Å². The van der Waals surface area contributed by atoms with Crippen molar-refractivity contribution >= 4 is 11.9 Å². The minimum Gasteiger partial charge on any atom is -0.481 e. The standard InChI is InChI=1S/C15H25NO3/c17-14(3-1-2-4-15(18)19)16-8-7-13-10-11-5-6-12(13)9-11/h11-13H,1-10H2,(H,16,17)(H,18,19). The molecule has 0 radical (unpaired) electrons. The fourth-order valence-corrected chi connectivity index (χ4v) is 3.78. The van der Waals surface area contributed by atoms with Crippen LogP contribution in [0, 0.1) is 17.8 Å². The average molecular weight is 267 g/mol. The zero-order chi connectivity index (χ0) is 13.7.